The molecule has 1 heterocycles. The summed E-state index contributed by atoms with van der Waals surface area (Å²) in [7, 11) is 0. The van der Waals surface area contributed by atoms with Gasteiger partial charge in [0.05, 0.1) is 5.56 Å². The molecule has 3 aromatic carbocycles. The van der Waals surface area contributed by atoms with Crippen molar-refractivity contribution in [3.8, 4) is 11.5 Å². The van der Waals surface area contributed by atoms with E-state index in [1.165, 1.54) is 12.1 Å². The fourth-order valence-corrected chi connectivity index (χ4v) is 3.47. The first kappa shape index (κ1) is 18.4. The van der Waals surface area contributed by atoms with Crippen LogP contribution in [0.25, 0.3) is 6.08 Å². The van der Waals surface area contributed by atoms with Gasteiger partial charge in [-0.2, -0.15) is 0 Å². The van der Waals surface area contributed by atoms with E-state index in [9.17, 15) is 9.18 Å². The molecule has 28 heavy (non-hydrogen) atoms. The molecule has 0 aliphatic carbocycles. The van der Waals surface area contributed by atoms with Crippen molar-refractivity contribution >= 4 is 27.8 Å². The second kappa shape index (κ2) is 7.60. The van der Waals surface area contributed by atoms with Crippen LogP contribution in [0.3, 0.4) is 0 Å². The number of carbonyl (C=O) groups excluding carboxylic acids is 1. The lowest BCUT2D eigenvalue weighted by Gasteiger charge is -2.09. The van der Waals surface area contributed by atoms with E-state index in [2.05, 4.69) is 15.9 Å². The number of halogens is 2. The highest BCUT2D eigenvalue weighted by Crippen LogP contribution is 2.37. The molecule has 0 aromatic heterocycles. The first-order valence-corrected chi connectivity index (χ1v) is 9.50. The van der Waals surface area contributed by atoms with Gasteiger partial charge in [0.2, 0.25) is 5.78 Å². The van der Waals surface area contributed by atoms with Crippen molar-refractivity contribution in [1.29, 1.82) is 0 Å². The fourth-order valence-electron chi connectivity index (χ4n) is 3.06. The van der Waals surface area contributed by atoms with Crippen LogP contribution >= 0.6 is 15.9 Å². The molecular formula is C23H16BrFO3. The van der Waals surface area contributed by atoms with Gasteiger partial charge < -0.3 is 9.47 Å². The molecular weight excluding hydrogens is 423 g/mol. The highest BCUT2D eigenvalue weighted by molar-refractivity contribution is 9.10. The fraction of sp³-hybridized carbons (Fsp3) is 0.0870. The van der Waals surface area contributed by atoms with Crippen molar-refractivity contribution in [1.82, 2.24) is 0 Å². The summed E-state index contributed by atoms with van der Waals surface area (Å²) in [6.45, 7) is 2.15. The van der Waals surface area contributed by atoms with Gasteiger partial charge in [-0.05, 0) is 60.0 Å². The Kier molecular flexibility index (Phi) is 5.01. The topological polar surface area (TPSA) is 35.5 Å². The number of carbonyl (C=O) groups is 1. The molecule has 3 aromatic rings. The van der Waals surface area contributed by atoms with Crippen LogP contribution in [0.2, 0.25) is 0 Å². The minimum atomic E-state index is -0.284. The van der Waals surface area contributed by atoms with Gasteiger partial charge in [0.1, 0.15) is 23.9 Å². The molecule has 0 atom stereocenters. The van der Waals surface area contributed by atoms with Gasteiger partial charge in [0.15, 0.2) is 5.76 Å². The van der Waals surface area contributed by atoms with Crippen LogP contribution in [0, 0.1) is 12.7 Å². The Morgan fingerprint density at radius 1 is 1.11 bits per heavy atom. The maximum atomic E-state index is 13.0. The molecule has 0 bridgehead atoms. The van der Waals surface area contributed by atoms with E-state index < -0.39 is 0 Å². The molecule has 5 heteroatoms. The zero-order valence-electron chi connectivity index (χ0n) is 15.0. The number of aryl methyl sites for hydroxylation is 1. The molecule has 0 spiro atoms. The molecule has 0 saturated carbocycles. The minimum absolute atomic E-state index is 0.141. The van der Waals surface area contributed by atoms with Crippen molar-refractivity contribution in [2.45, 2.75) is 13.5 Å². The third-order valence-electron chi connectivity index (χ3n) is 4.41. The number of ketones is 1. The zero-order chi connectivity index (χ0) is 19.7. The van der Waals surface area contributed by atoms with E-state index in [4.69, 9.17) is 9.47 Å². The SMILES string of the molecule is Cc1cc(OCc2ccc(F)cc2)cc2c1C(=O)/C(=C/c1cccc(Br)c1)O2. The highest BCUT2D eigenvalue weighted by Gasteiger charge is 2.30. The van der Waals surface area contributed by atoms with Crippen molar-refractivity contribution < 1.29 is 18.7 Å². The second-order valence-corrected chi connectivity index (χ2v) is 7.44. The largest absolute Gasteiger partial charge is 0.489 e. The second-order valence-electron chi connectivity index (χ2n) is 6.52. The van der Waals surface area contributed by atoms with Gasteiger partial charge in [-0.15, -0.1) is 0 Å². The molecule has 0 N–H and O–H groups in total. The summed E-state index contributed by atoms with van der Waals surface area (Å²) in [6.07, 6.45) is 1.73. The van der Waals surface area contributed by atoms with Crippen LogP contribution in [0.4, 0.5) is 4.39 Å². The molecule has 1 aliphatic rings. The van der Waals surface area contributed by atoms with Crippen LogP contribution in [0.1, 0.15) is 27.0 Å². The summed E-state index contributed by atoms with van der Waals surface area (Å²) >= 11 is 3.42. The van der Waals surface area contributed by atoms with Crippen molar-refractivity contribution in [2.24, 2.45) is 0 Å². The highest BCUT2D eigenvalue weighted by atomic mass is 79.9. The summed E-state index contributed by atoms with van der Waals surface area (Å²) in [5.41, 5.74) is 3.06. The average molecular weight is 439 g/mol. The number of fused-ring (bicyclic) bond motifs is 1. The van der Waals surface area contributed by atoms with Gasteiger partial charge in [-0.25, -0.2) is 4.39 Å². The quantitative estimate of drug-likeness (QED) is 0.462. The van der Waals surface area contributed by atoms with E-state index in [-0.39, 0.29) is 17.4 Å². The van der Waals surface area contributed by atoms with E-state index in [0.29, 0.717) is 23.7 Å². The van der Waals surface area contributed by atoms with Gasteiger partial charge in [0.25, 0.3) is 0 Å². The van der Waals surface area contributed by atoms with Crippen molar-refractivity contribution in [2.75, 3.05) is 0 Å². The lowest BCUT2D eigenvalue weighted by atomic mass is 10.0. The van der Waals surface area contributed by atoms with Gasteiger partial charge in [-0.1, -0.05) is 40.2 Å². The van der Waals surface area contributed by atoms with Crippen LogP contribution in [-0.4, -0.2) is 5.78 Å². The number of Topliss-reactive ketones (excluding diaryl/α,β-unsaturated/α-hetero) is 1. The molecule has 4 rings (SSSR count). The van der Waals surface area contributed by atoms with Gasteiger partial charge in [-0.3, -0.25) is 4.79 Å². The minimum Gasteiger partial charge on any atom is -0.489 e. The van der Waals surface area contributed by atoms with Crippen molar-refractivity contribution in [3.63, 3.8) is 0 Å². The summed E-state index contributed by atoms with van der Waals surface area (Å²) < 4.78 is 25.6. The Morgan fingerprint density at radius 2 is 1.89 bits per heavy atom. The van der Waals surface area contributed by atoms with Crippen LogP contribution in [0.5, 0.6) is 11.5 Å². The predicted octanol–water partition coefficient (Wildman–Crippen LogP) is 6.09. The Hall–Kier alpha value is -2.92. The van der Waals surface area contributed by atoms with Crippen LogP contribution in [0.15, 0.2) is 70.9 Å². The van der Waals surface area contributed by atoms with Crippen molar-refractivity contribution in [3.05, 3.63) is 99.0 Å². The predicted molar refractivity (Wildman–Crippen MR) is 109 cm³/mol. The molecule has 3 nitrogen and oxygen atoms in total. The van der Waals surface area contributed by atoms with E-state index in [1.54, 1.807) is 24.3 Å². The molecule has 1 aliphatic heterocycles. The number of rotatable bonds is 4. The number of ether oxygens (including phenoxy) is 2. The summed E-state index contributed by atoms with van der Waals surface area (Å²) in [6, 6.07) is 17.3. The molecule has 0 saturated heterocycles. The summed E-state index contributed by atoms with van der Waals surface area (Å²) in [5, 5.41) is 0. The average Bonchev–Trinajstić information content (AvgIpc) is 2.97. The molecule has 0 unspecified atom stereocenters. The maximum Gasteiger partial charge on any atom is 0.232 e. The third kappa shape index (κ3) is 3.85. The monoisotopic (exact) mass is 438 g/mol. The normalized spacial score (nSPS) is 14.1. The summed E-state index contributed by atoms with van der Waals surface area (Å²) in [4.78, 5) is 12.7. The van der Waals surface area contributed by atoms with E-state index >= 15 is 0 Å². The zero-order valence-corrected chi connectivity index (χ0v) is 16.6. The summed E-state index contributed by atoms with van der Waals surface area (Å²) in [5.74, 6) is 0.940. The Bertz CT molecular complexity index is 1090. The molecule has 0 fully saturated rings. The van der Waals surface area contributed by atoms with Gasteiger partial charge in [0, 0.05) is 10.5 Å². The first-order valence-electron chi connectivity index (χ1n) is 8.71. The number of hydrogen-bond donors (Lipinski definition) is 0. The molecule has 0 amide bonds. The number of benzene rings is 3. The lowest BCUT2D eigenvalue weighted by molar-refractivity contribution is 0.101. The van der Waals surface area contributed by atoms with E-state index in [0.717, 1.165) is 21.2 Å². The van der Waals surface area contributed by atoms with Gasteiger partial charge >= 0.3 is 0 Å². The Morgan fingerprint density at radius 3 is 2.64 bits per heavy atom. The van der Waals surface area contributed by atoms with Crippen LogP contribution < -0.4 is 9.47 Å². The first-order chi connectivity index (χ1) is 13.5. The third-order valence-corrected chi connectivity index (χ3v) is 4.90. The molecule has 140 valence electrons. The smallest absolute Gasteiger partial charge is 0.232 e. The van der Waals surface area contributed by atoms with E-state index in [1.807, 2.05) is 37.3 Å². The molecule has 0 radical (unpaired) electrons. The number of allylic oxidation sites excluding steroid dienone is 1. The van der Waals surface area contributed by atoms with Crippen LogP contribution in [-0.2, 0) is 6.61 Å². The Labute approximate surface area is 170 Å². The lowest BCUT2D eigenvalue weighted by Crippen LogP contribution is -2.00. The Balaban J connectivity index is 1.56. The maximum absolute atomic E-state index is 13.0. The number of hydrogen-bond acceptors (Lipinski definition) is 3. The standard InChI is InChI=1S/C23H16BrFO3/c1-14-9-19(27-13-15-5-7-18(25)8-6-15)12-20-22(14)23(26)21(28-20)11-16-3-2-4-17(24)10-16/h2-12H,13H2,1H3/b21-11-.